The molecule has 0 aromatic carbocycles. The highest BCUT2D eigenvalue weighted by Gasteiger charge is 2.32. The highest BCUT2D eigenvalue weighted by molar-refractivity contribution is 7.89. The van der Waals surface area contributed by atoms with Crippen molar-refractivity contribution in [3.63, 3.8) is 0 Å². The van der Waals surface area contributed by atoms with Crippen molar-refractivity contribution >= 4 is 27.6 Å². The third kappa shape index (κ3) is 3.11. The maximum Gasteiger partial charge on any atom is 0.332 e. The summed E-state index contributed by atoms with van der Waals surface area (Å²) in [5, 5.41) is 12.4. The van der Waals surface area contributed by atoms with Crippen LogP contribution in [0, 0.1) is 0 Å². The Labute approximate surface area is 120 Å². The number of carboxylic acids is 1. The Morgan fingerprint density at radius 1 is 1.65 bits per heavy atom. The molecular weight excluding hydrogens is 310 g/mol. The Morgan fingerprint density at radius 2 is 2.35 bits per heavy atom. The van der Waals surface area contributed by atoms with Crippen molar-refractivity contribution in [1.82, 2.24) is 14.5 Å². The molecule has 0 spiro atoms. The summed E-state index contributed by atoms with van der Waals surface area (Å²) >= 11 is 5.78. The van der Waals surface area contributed by atoms with Gasteiger partial charge in [0.15, 0.2) is 11.1 Å². The number of hydrogen-bond acceptors (Lipinski definition) is 5. The van der Waals surface area contributed by atoms with E-state index in [2.05, 4.69) is 9.82 Å². The van der Waals surface area contributed by atoms with Gasteiger partial charge in [-0.2, -0.15) is 5.10 Å². The summed E-state index contributed by atoms with van der Waals surface area (Å²) in [7, 11) is -2.35. The highest BCUT2D eigenvalue weighted by atomic mass is 35.5. The van der Waals surface area contributed by atoms with Crippen LogP contribution in [-0.4, -0.2) is 48.0 Å². The molecule has 0 radical (unpaired) electrons. The van der Waals surface area contributed by atoms with Gasteiger partial charge in [-0.15, -0.1) is 0 Å². The number of carboxylic acid groups (broad SMARTS) is 1. The maximum atomic E-state index is 12.1. The second-order valence-electron chi connectivity index (χ2n) is 4.44. The van der Waals surface area contributed by atoms with E-state index in [1.165, 1.54) is 13.2 Å². The predicted octanol–water partition coefficient (Wildman–Crippen LogP) is -0.0160. The van der Waals surface area contributed by atoms with E-state index in [4.69, 9.17) is 21.4 Å². The van der Waals surface area contributed by atoms with Crippen LogP contribution in [0.25, 0.3) is 0 Å². The van der Waals surface area contributed by atoms with Gasteiger partial charge in [-0.05, 0) is 12.8 Å². The fourth-order valence-corrected chi connectivity index (χ4v) is 3.73. The van der Waals surface area contributed by atoms with E-state index >= 15 is 0 Å². The minimum Gasteiger partial charge on any atom is -0.479 e. The monoisotopic (exact) mass is 323 g/mol. The van der Waals surface area contributed by atoms with E-state index in [1.807, 2.05) is 0 Å². The molecule has 1 saturated heterocycles. The first-order valence-electron chi connectivity index (χ1n) is 5.86. The van der Waals surface area contributed by atoms with Gasteiger partial charge in [0.2, 0.25) is 0 Å². The lowest BCUT2D eigenvalue weighted by Gasteiger charge is -2.13. The van der Waals surface area contributed by atoms with E-state index < -0.39 is 28.2 Å². The summed E-state index contributed by atoms with van der Waals surface area (Å²) in [6, 6.07) is 0. The van der Waals surface area contributed by atoms with E-state index in [0.717, 1.165) is 4.68 Å². The first-order chi connectivity index (χ1) is 9.31. The number of rotatable bonds is 5. The van der Waals surface area contributed by atoms with Crippen molar-refractivity contribution in [1.29, 1.82) is 0 Å². The number of nitrogens with one attached hydrogen (secondary N) is 1. The van der Waals surface area contributed by atoms with Crippen LogP contribution in [0.1, 0.15) is 12.8 Å². The van der Waals surface area contributed by atoms with Crippen LogP contribution in [0.3, 0.4) is 0 Å². The lowest BCUT2D eigenvalue weighted by molar-refractivity contribution is -0.149. The van der Waals surface area contributed by atoms with E-state index in [-0.39, 0.29) is 16.6 Å². The van der Waals surface area contributed by atoms with Gasteiger partial charge in [0, 0.05) is 13.6 Å². The molecule has 0 amide bonds. The molecule has 2 atom stereocenters. The second kappa shape index (κ2) is 5.68. The molecule has 2 N–H and O–H groups in total. The fourth-order valence-electron chi connectivity index (χ4n) is 2.01. The van der Waals surface area contributed by atoms with Crippen LogP contribution in [-0.2, 0) is 26.6 Å². The molecule has 2 rings (SSSR count). The van der Waals surface area contributed by atoms with E-state index in [0.29, 0.717) is 12.8 Å². The predicted molar refractivity (Wildman–Crippen MR) is 68.9 cm³/mol. The molecule has 2 heterocycles. The lowest BCUT2D eigenvalue weighted by Crippen LogP contribution is -2.34. The zero-order valence-electron chi connectivity index (χ0n) is 10.6. The molecule has 1 aliphatic heterocycles. The normalized spacial score (nSPS) is 23.1. The fraction of sp³-hybridized carbons (Fsp3) is 0.600. The van der Waals surface area contributed by atoms with Crippen LogP contribution >= 0.6 is 11.6 Å². The Kier molecular flexibility index (Phi) is 4.33. The van der Waals surface area contributed by atoms with Crippen LogP contribution in [0.4, 0.5) is 0 Å². The van der Waals surface area contributed by atoms with Gasteiger partial charge in [0.1, 0.15) is 0 Å². The van der Waals surface area contributed by atoms with Gasteiger partial charge in [-0.25, -0.2) is 17.9 Å². The molecule has 2 unspecified atom stereocenters. The smallest absolute Gasteiger partial charge is 0.332 e. The van der Waals surface area contributed by atoms with Gasteiger partial charge in [0.05, 0.1) is 17.3 Å². The summed E-state index contributed by atoms with van der Waals surface area (Å²) in [5.74, 6) is -1.04. The molecule has 1 aromatic rings. The minimum absolute atomic E-state index is 0.00633. The highest BCUT2D eigenvalue weighted by Crippen LogP contribution is 2.22. The summed E-state index contributed by atoms with van der Waals surface area (Å²) < 4.78 is 32.9. The SMILES string of the molecule is Cn1ncc(Cl)c1S(=O)(=O)NCC1CCC(C(=O)O)O1. The van der Waals surface area contributed by atoms with Gasteiger partial charge in [-0.3, -0.25) is 4.68 Å². The van der Waals surface area contributed by atoms with Crippen LogP contribution in [0.2, 0.25) is 5.02 Å². The molecule has 1 fully saturated rings. The van der Waals surface area contributed by atoms with Crippen LogP contribution < -0.4 is 4.72 Å². The molecule has 0 saturated carbocycles. The van der Waals surface area contributed by atoms with Gasteiger partial charge >= 0.3 is 5.97 Å². The first kappa shape index (κ1) is 15.2. The largest absolute Gasteiger partial charge is 0.479 e. The van der Waals surface area contributed by atoms with E-state index in [9.17, 15) is 13.2 Å². The molecule has 112 valence electrons. The zero-order valence-corrected chi connectivity index (χ0v) is 12.2. The third-order valence-corrected chi connectivity index (χ3v) is 4.91. The number of carbonyl (C=O) groups is 1. The molecule has 1 aromatic heterocycles. The number of hydrogen-bond donors (Lipinski definition) is 2. The number of aliphatic carboxylic acids is 1. The van der Waals surface area contributed by atoms with Crippen molar-refractivity contribution in [2.24, 2.45) is 7.05 Å². The standard InChI is InChI=1S/C10H14ClN3O5S/c1-14-9(7(11)5-12-14)20(17,18)13-4-6-2-3-8(19-6)10(15)16/h5-6,8,13H,2-4H2,1H3,(H,15,16). The average Bonchev–Trinajstić information content (AvgIpc) is 2.94. The van der Waals surface area contributed by atoms with Gasteiger partial charge in [0.25, 0.3) is 10.0 Å². The number of sulfonamides is 1. The molecule has 8 nitrogen and oxygen atoms in total. The minimum atomic E-state index is -3.81. The first-order valence-corrected chi connectivity index (χ1v) is 7.73. The molecular formula is C10H14ClN3O5S. The van der Waals surface area contributed by atoms with Crippen LogP contribution in [0.15, 0.2) is 11.2 Å². The summed E-state index contributed by atoms with van der Waals surface area (Å²) in [6.45, 7) is -0.00633. The summed E-state index contributed by atoms with van der Waals surface area (Å²) in [4.78, 5) is 10.7. The number of aryl methyl sites for hydroxylation is 1. The lowest BCUT2D eigenvalue weighted by atomic mass is 10.2. The Balaban J connectivity index is 1.99. The van der Waals surface area contributed by atoms with Gasteiger partial charge in [-0.1, -0.05) is 11.6 Å². The van der Waals surface area contributed by atoms with Crippen molar-refractivity contribution in [2.75, 3.05) is 6.54 Å². The molecule has 0 bridgehead atoms. The average molecular weight is 324 g/mol. The Hall–Kier alpha value is -1.16. The third-order valence-electron chi connectivity index (χ3n) is 2.98. The zero-order chi connectivity index (χ0) is 14.9. The Bertz CT molecular complexity index is 595. The number of ether oxygens (including phenoxy) is 1. The molecule has 10 heteroatoms. The molecule has 20 heavy (non-hydrogen) atoms. The van der Waals surface area contributed by atoms with Crippen molar-refractivity contribution < 1.29 is 23.1 Å². The summed E-state index contributed by atoms with van der Waals surface area (Å²) in [5.41, 5.74) is 0. The van der Waals surface area contributed by atoms with Crippen LogP contribution in [0.5, 0.6) is 0 Å². The number of nitrogens with zero attached hydrogens (tertiary/aromatic N) is 2. The number of halogens is 1. The molecule has 1 aliphatic rings. The van der Waals surface area contributed by atoms with Crippen molar-refractivity contribution in [2.45, 2.75) is 30.1 Å². The summed E-state index contributed by atoms with van der Waals surface area (Å²) in [6.07, 6.45) is 0.762. The second-order valence-corrected chi connectivity index (χ2v) is 6.52. The quantitative estimate of drug-likeness (QED) is 0.788. The van der Waals surface area contributed by atoms with E-state index in [1.54, 1.807) is 0 Å². The van der Waals surface area contributed by atoms with Crippen molar-refractivity contribution in [3.8, 4) is 0 Å². The maximum absolute atomic E-state index is 12.1. The number of aromatic nitrogens is 2. The molecule has 0 aliphatic carbocycles. The Morgan fingerprint density at radius 3 is 2.85 bits per heavy atom. The van der Waals surface area contributed by atoms with Gasteiger partial charge < -0.3 is 9.84 Å². The van der Waals surface area contributed by atoms with Crippen molar-refractivity contribution in [3.05, 3.63) is 11.2 Å². The topological polar surface area (TPSA) is 111 Å².